The number of rotatable bonds is 6. The van der Waals surface area contributed by atoms with Gasteiger partial charge in [-0.2, -0.15) is 0 Å². The molecule has 0 amide bonds. The summed E-state index contributed by atoms with van der Waals surface area (Å²) in [6.45, 7) is 3.88. The molecule has 0 spiro atoms. The van der Waals surface area contributed by atoms with Gasteiger partial charge in [0.2, 0.25) is 0 Å². The highest BCUT2D eigenvalue weighted by Crippen LogP contribution is 2.01. The van der Waals surface area contributed by atoms with Gasteiger partial charge in [-0.15, -0.1) is 0 Å². The van der Waals surface area contributed by atoms with E-state index in [-0.39, 0.29) is 6.42 Å². The molecule has 0 fully saturated rings. The molecule has 1 rings (SSSR count). The van der Waals surface area contributed by atoms with Crippen molar-refractivity contribution in [3.63, 3.8) is 0 Å². The van der Waals surface area contributed by atoms with Crippen LogP contribution in [0.25, 0.3) is 0 Å². The molecular weight excluding hydrogens is 202 g/mol. The number of hydrogen-bond donors (Lipinski definition) is 1. The summed E-state index contributed by atoms with van der Waals surface area (Å²) < 4.78 is 0. The first-order valence-electron chi connectivity index (χ1n) is 5.64. The summed E-state index contributed by atoms with van der Waals surface area (Å²) in [6, 6.07) is 8.41. The van der Waals surface area contributed by atoms with Gasteiger partial charge in [0.05, 0.1) is 13.6 Å². The molecule has 0 saturated heterocycles. The van der Waals surface area contributed by atoms with E-state index in [1.54, 1.807) is 0 Å². The molecule has 3 heteroatoms. The second-order valence-corrected chi connectivity index (χ2v) is 4.35. The first-order valence-corrected chi connectivity index (χ1v) is 5.64. The van der Waals surface area contributed by atoms with Crippen LogP contribution in [0, 0.1) is 6.92 Å². The van der Waals surface area contributed by atoms with Gasteiger partial charge >= 0.3 is 0 Å². The zero-order valence-electron chi connectivity index (χ0n) is 9.95. The lowest BCUT2D eigenvalue weighted by Gasteiger charge is -2.14. The Bertz CT molecular complexity index is 350. The number of carboxylic acids is 1. The highest BCUT2D eigenvalue weighted by molar-refractivity contribution is 5.64. The van der Waals surface area contributed by atoms with Crippen LogP contribution in [0.4, 0.5) is 0 Å². The Kier molecular flexibility index (Phi) is 4.99. The second kappa shape index (κ2) is 6.28. The van der Waals surface area contributed by atoms with Crippen molar-refractivity contribution < 1.29 is 14.8 Å². The molecule has 88 valence electrons. The van der Waals surface area contributed by atoms with E-state index in [0.717, 1.165) is 13.1 Å². The maximum Gasteiger partial charge on any atom is 0.103 e. The summed E-state index contributed by atoms with van der Waals surface area (Å²) in [5.74, 6) is -0.955. The number of carboxylic acid groups (broad SMARTS) is 1. The summed E-state index contributed by atoms with van der Waals surface area (Å²) in [5, 5.41) is 10.3. The van der Waals surface area contributed by atoms with Crippen LogP contribution in [0.15, 0.2) is 24.3 Å². The van der Waals surface area contributed by atoms with Crippen LogP contribution >= 0.6 is 0 Å². The topological polar surface area (TPSA) is 44.6 Å². The molecule has 1 N–H and O–H groups in total. The zero-order valence-corrected chi connectivity index (χ0v) is 9.95. The zero-order chi connectivity index (χ0) is 12.0. The lowest BCUT2D eigenvalue weighted by Crippen LogP contribution is -3.07. The van der Waals surface area contributed by atoms with Gasteiger partial charge in [0.25, 0.3) is 0 Å². The van der Waals surface area contributed by atoms with Crippen LogP contribution in [-0.4, -0.2) is 19.6 Å². The minimum absolute atomic E-state index is 0.158. The monoisotopic (exact) mass is 221 g/mol. The van der Waals surface area contributed by atoms with Crippen molar-refractivity contribution in [3.05, 3.63) is 35.4 Å². The molecule has 0 radical (unpaired) electrons. The summed E-state index contributed by atoms with van der Waals surface area (Å²) >= 11 is 0. The van der Waals surface area contributed by atoms with E-state index in [1.807, 2.05) is 0 Å². The Labute approximate surface area is 96.7 Å². The van der Waals surface area contributed by atoms with E-state index in [4.69, 9.17) is 0 Å². The standard InChI is InChI=1S/C13H19NO2/c1-11-5-3-6-12(9-11)10-14(2)8-4-7-13(15)16/h3,5-6,9H,4,7-8,10H2,1-2H3,(H,15,16). The first-order chi connectivity index (χ1) is 7.58. The van der Waals surface area contributed by atoms with Gasteiger partial charge in [0, 0.05) is 18.0 Å². The predicted octanol–water partition coefficient (Wildman–Crippen LogP) is -0.460. The maximum atomic E-state index is 10.3. The molecule has 0 aromatic heterocycles. The summed E-state index contributed by atoms with van der Waals surface area (Å²) in [6.07, 6.45) is 0.838. The predicted molar refractivity (Wildman–Crippen MR) is 60.9 cm³/mol. The van der Waals surface area contributed by atoms with E-state index in [2.05, 4.69) is 38.2 Å². The molecule has 0 aliphatic carbocycles. The third kappa shape index (κ3) is 4.94. The molecule has 3 nitrogen and oxygen atoms in total. The van der Waals surface area contributed by atoms with Gasteiger partial charge in [0.15, 0.2) is 0 Å². The van der Waals surface area contributed by atoms with E-state index in [9.17, 15) is 9.90 Å². The number of carbonyl (C=O) groups excluding carboxylic acids is 1. The van der Waals surface area contributed by atoms with Gasteiger partial charge in [-0.25, -0.2) is 0 Å². The minimum Gasteiger partial charge on any atom is -0.550 e. The van der Waals surface area contributed by atoms with Gasteiger partial charge in [-0.3, -0.25) is 0 Å². The van der Waals surface area contributed by atoms with Crippen LogP contribution in [0.2, 0.25) is 0 Å². The van der Waals surface area contributed by atoms with Crippen LogP contribution < -0.4 is 10.0 Å². The maximum absolute atomic E-state index is 10.3. The minimum atomic E-state index is -0.955. The molecule has 1 aromatic rings. The largest absolute Gasteiger partial charge is 0.550 e. The number of aliphatic carboxylic acids is 1. The number of nitrogens with one attached hydrogen (secondary N) is 1. The van der Waals surface area contributed by atoms with Crippen molar-refractivity contribution >= 4 is 5.97 Å². The van der Waals surface area contributed by atoms with Crippen molar-refractivity contribution in [3.8, 4) is 0 Å². The van der Waals surface area contributed by atoms with Gasteiger partial charge in [-0.05, 0) is 13.3 Å². The van der Waals surface area contributed by atoms with Crippen molar-refractivity contribution in [2.24, 2.45) is 0 Å². The molecule has 1 aromatic carbocycles. The molecule has 1 atom stereocenters. The molecule has 0 bridgehead atoms. The van der Waals surface area contributed by atoms with Crippen LogP contribution in [-0.2, 0) is 11.3 Å². The number of carbonyl (C=O) groups is 1. The molecule has 0 heterocycles. The number of aryl methyl sites for hydroxylation is 1. The molecule has 0 saturated carbocycles. The highest BCUT2D eigenvalue weighted by Gasteiger charge is 2.03. The Morgan fingerprint density at radius 1 is 1.44 bits per heavy atom. The fraction of sp³-hybridized carbons (Fsp3) is 0.462. The van der Waals surface area contributed by atoms with E-state index in [1.165, 1.54) is 16.0 Å². The Morgan fingerprint density at radius 3 is 2.81 bits per heavy atom. The van der Waals surface area contributed by atoms with Crippen LogP contribution in [0.1, 0.15) is 24.0 Å². The summed E-state index contributed by atoms with van der Waals surface area (Å²) in [5.41, 5.74) is 2.56. The number of benzene rings is 1. The first kappa shape index (κ1) is 12.7. The van der Waals surface area contributed by atoms with E-state index >= 15 is 0 Å². The third-order valence-electron chi connectivity index (χ3n) is 2.57. The number of quaternary nitrogens is 1. The fourth-order valence-electron chi connectivity index (χ4n) is 1.79. The molecular formula is C13H19NO2. The average molecular weight is 221 g/mol. The number of hydrogen-bond acceptors (Lipinski definition) is 2. The van der Waals surface area contributed by atoms with Crippen LogP contribution in [0.5, 0.6) is 0 Å². The second-order valence-electron chi connectivity index (χ2n) is 4.35. The summed E-state index contributed by atoms with van der Waals surface area (Å²) in [7, 11) is 2.08. The van der Waals surface area contributed by atoms with Crippen molar-refractivity contribution in [1.29, 1.82) is 0 Å². The Morgan fingerprint density at radius 2 is 2.19 bits per heavy atom. The Balaban J connectivity index is 2.33. The van der Waals surface area contributed by atoms with Gasteiger partial charge in [0.1, 0.15) is 6.54 Å². The lowest BCUT2D eigenvalue weighted by atomic mass is 10.1. The molecule has 1 unspecified atom stereocenters. The van der Waals surface area contributed by atoms with E-state index < -0.39 is 5.97 Å². The smallest absolute Gasteiger partial charge is 0.103 e. The highest BCUT2D eigenvalue weighted by atomic mass is 16.4. The van der Waals surface area contributed by atoms with Gasteiger partial charge in [-0.1, -0.05) is 29.8 Å². The lowest BCUT2D eigenvalue weighted by molar-refractivity contribution is -0.893. The van der Waals surface area contributed by atoms with Crippen molar-refractivity contribution in [1.82, 2.24) is 0 Å². The van der Waals surface area contributed by atoms with Crippen molar-refractivity contribution in [2.45, 2.75) is 26.3 Å². The van der Waals surface area contributed by atoms with Crippen LogP contribution in [0.3, 0.4) is 0 Å². The third-order valence-corrected chi connectivity index (χ3v) is 2.57. The molecule has 0 aliphatic rings. The van der Waals surface area contributed by atoms with E-state index in [0.29, 0.717) is 6.42 Å². The summed E-state index contributed by atoms with van der Waals surface area (Å²) in [4.78, 5) is 11.6. The average Bonchev–Trinajstić information content (AvgIpc) is 2.16. The molecule has 16 heavy (non-hydrogen) atoms. The quantitative estimate of drug-likeness (QED) is 0.706. The van der Waals surface area contributed by atoms with Gasteiger partial charge < -0.3 is 14.8 Å². The fourth-order valence-corrected chi connectivity index (χ4v) is 1.79. The normalized spacial score (nSPS) is 12.4. The Hall–Kier alpha value is -1.35. The van der Waals surface area contributed by atoms with Crippen molar-refractivity contribution in [2.75, 3.05) is 13.6 Å². The molecule has 0 aliphatic heterocycles. The SMILES string of the molecule is Cc1cccc(C[NH+](C)CCCC(=O)[O-])c1.